The Balaban J connectivity index is 1.35. The van der Waals surface area contributed by atoms with Crippen molar-refractivity contribution in [1.29, 1.82) is 0 Å². The molecular formula is C23H25N3O4. The molecule has 2 aromatic carbocycles. The molecule has 1 N–H and O–H groups in total. The lowest BCUT2D eigenvalue weighted by Crippen LogP contribution is -2.19. The standard InChI is InChI=1S/C23H25N3O4/c1-26-13-12-24-22(26)16-29-18-10-8-17(9-11-18)25-23(27)20-6-2-3-7-21(20)30-15-19-5-4-14-28-19/h2-3,6-13,19H,4-5,14-16H2,1H3,(H,25,27). The molecule has 156 valence electrons. The zero-order valence-corrected chi connectivity index (χ0v) is 16.9. The highest BCUT2D eigenvalue weighted by atomic mass is 16.5. The van der Waals surface area contributed by atoms with Gasteiger partial charge in [-0.1, -0.05) is 12.1 Å². The summed E-state index contributed by atoms with van der Waals surface area (Å²) in [7, 11) is 1.92. The van der Waals surface area contributed by atoms with Crippen LogP contribution in [0.2, 0.25) is 0 Å². The van der Waals surface area contributed by atoms with Gasteiger partial charge in [0.2, 0.25) is 0 Å². The van der Waals surface area contributed by atoms with Crippen LogP contribution in [-0.2, 0) is 18.4 Å². The Morgan fingerprint density at radius 2 is 2.03 bits per heavy atom. The van der Waals surface area contributed by atoms with Crippen molar-refractivity contribution in [1.82, 2.24) is 9.55 Å². The molecule has 0 bridgehead atoms. The first-order valence-electron chi connectivity index (χ1n) is 10.0. The molecule has 1 aliphatic rings. The number of aryl methyl sites for hydroxylation is 1. The Morgan fingerprint density at radius 3 is 2.77 bits per heavy atom. The second-order valence-electron chi connectivity index (χ2n) is 7.16. The summed E-state index contributed by atoms with van der Waals surface area (Å²) in [5, 5.41) is 2.91. The van der Waals surface area contributed by atoms with Crippen LogP contribution in [0.4, 0.5) is 5.69 Å². The van der Waals surface area contributed by atoms with Gasteiger partial charge in [-0.25, -0.2) is 4.98 Å². The first-order valence-corrected chi connectivity index (χ1v) is 10.0. The SMILES string of the molecule is Cn1ccnc1COc1ccc(NC(=O)c2ccccc2OCC2CCCO2)cc1. The van der Waals surface area contributed by atoms with E-state index >= 15 is 0 Å². The Kier molecular flexibility index (Phi) is 6.29. The number of rotatable bonds is 8. The average Bonchev–Trinajstić information content (AvgIpc) is 3.43. The van der Waals surface area contributed by atoms with E-state index in [1.54, 1.807) is 18.3 Å². The van der Waals surface area contributed by atoms with Crippen LogP contribution in [0.25, 0.3) is 0 Å². The molecule has 0 aliphatic carbocycles. The van der Waals surface area contributed by atoms with E-state index in [0.29, 0.717) is 36.0 Å². The lowest BCUT2D eigenvalue weighted by molar-refractivity contribution is 0.0673. The highest BCUT2D eigenvalue weighted by Crippen LogP contribution is 2.23. The zero-order chi connectivity index (χ0) is 20.8. The summed E-state index contributed by atoms with van der Waals surface area (Å²) in [4.78, 5) is 17.0. The van der Waals surface area contributed by atoms with Gasteiger partial charge in [-0.15, -0.1) is 0 Å². The fraction of sp³-hybridized carbons (Fsp3) is 0.304. The summed E-state index contributed by atoms with van der Waals surface area (Å²) in [6.07, 6.45) is 5.75. The van der Waals surface area contributed by atoms with E-state index in [0.717, 1.165) is 25.3 Å². The first kappa shape index (κ1) is 20.0. The number of para-hydroxylation sites is 1. The zero-order valence-electron chi connectivity index (χ0n) is 16.9. The van der Waals surface area contributed by atoms with Crippen LogP contribution < -0.4 is 14.8 Å². The number of aromatic nitrogens is 2. The fourth-order valence-corrected chi connectivity index (χ4v) is 3.25. The minimum atomic E-state index is -0.223. The molecule has 1 unspecified atom stereocenters. The largest absolute Gasteiger partial charge is 0.490 e. The number of benzene rings is 2. The van der Waals surface area contributed by atoms with Crippen molar-refractivity contribution < 1.29 is 19.0 Å². The lowest BCUT2D eigenvalue weighted by Gasteiger charge is -2.14. The van der Waals surface area contributed by atoms with Crippen molar-refractivity contribution in [2.75, 3.05) is 18.5 Å². The Bertz CT molecular complexity index is 978. The number of carbonyl (C=O) groups is 1. The van der Waals surface area contributed by atoms with Crippen molar-refractivity contribution >= 4 is 11.6 Å². The van der Waals surface area contributed by atoms with Gasteiger partial charge in [0.05, 0.1) is 11.7 Å². The number of anilines is 1. The van der Waals surface area contributed by atoms with Crippen molar-refractivity contribution in [3.05, 3.63) is 72.3 Å². The van der Waals surface area contributed by atoms with E-state index in [1.807, 2.05) is 54.2 Å². The van der Waals surface area contributed by atoms with E-state index < -0.39 is 0 Å². The van der Waals surface area contributed by atoms with Crippen LogP contribution in [0, 0.1) is 0 Å². The van der Waals surface area contributed by atoms with E-state index in [-0.39, 0.29) is 12.0 Å². The Hall–Kier alpha value is -3.32. The molecule has 1 atom stereocenters. The summed E-state index contributed by atoms with van der Waals surface area (Å²) in [6.45, 7) is 1.61. The van der Waals surface area contributed by atoms with Crippen molar-refractivity contribution in [3.8, 4) is 11.5 Å². The topological polar surface area (TPSA) is 74.6 Å². The fourth-order valence-electron chi connectivity index (χ4n) is 3.25. The van der Waals surface area contributed by atoms with Crippen LogP contribution in [0.3, 0.4) is 0 Å². The number of imidazole rings is 1. The maximum Gasteiger partial charge on any atom is 0.259 e. The molecule has 4 rings (SSSR count). The number of carbonyl (C=O) groups excluding carboxylic acids is 1. The quantitative estimate of drug-likeness (QED) is 0.615. The van der Waals surface area contributed by atoms with Gasteiger partial charge in [-0.3, -0.25) is 4.79 Å². The summed E-state index contributed by atoms with van der Waals surface area (Å²) in [6, 6.07) is 14.5. The molecule has 30 heavy (non-hydrogen) atoms. The monoisotopic (exact) mass is 407 g/mol. The summed E-state index contributed by atoms with van der Waals surface area (Å²) in [5.41, 5.74) is 1.17. The van der Waals surface area contributed by atoms with Crippen molar-refractivity contribution in [3.63, 3.8) is 0 Å². The summed E-state index contributed by atoms with van der Waals surface area (Å²) >= 11 is 0. The van der Waals surface area contributed by atoms with E-state index in [2.05, 4.69) is 10.3 Å². The number of amides is 1. The Morgan fingerprint density at radius 1 is 1.20 bits per heavy atom. The molecule has 0 spiro atoms. The molecule has 1 saturated heterocycles. The second-order valence-corrected chi connectivity index (χ2v) is 7.16. The van der Waals surface area contributed by atoms with Crippen molar-refractivity contribution in [2.45, 2.75) is 25.6 Å². The van der Waals surface area contributed by atoms with Crippen LogP contribution in [0.1, 0.15) is 29.0 Å². The number of hydrogen-bond acceptors (Lipinski definition) is 5. The molecule has 3 aromatic rings. The third-order valence-corrected chi connectivity index (χ3v) is 4.98. The molecule has 1 amide bonds. The van der Waals surface area contributed by atoms with Gasteiger partial charge in [0.25, 0.3) is 5.91 Å². The maximum absolute atomic E-state index is 12.8. The summed E-state index contributed by atoms with van der Waals surface area (Å²) < 4.78 is 19.1. The lowest BCUT2D eigenvalue weighted by atomic mass is 10.1. The molecule has 7 heteroatoms. The number of nitrogens with zero attached hydrogens (tertiary/aromatic N) is 2. The number of nitrogens with one attached hydrogen (secondary N) is 1. The smallest absolute Gasteiger partial charge is 0.259 e. The average molecular weight is 407 g/mol. The highest BCUT2D eigenvalue weighted by Gasteiger charge is 2.18. The van der Waals surface area contributed by atoms with E-state index in [9.17, 15) is 4.79 Å². The third-order valence-electron chi connectivity index (χ3n) is 4.98. The summed E-state index contributed by atoms with van der Waals surface area (Å²) in [5.74, 6) is 1.88. The number of hydrogen-bond donors (Lipinski definition) is 1. The van der Waals surface area contributed by atoms with Gasteiger partial charge < -0.3 is 24.1 Å². The molecule has 7 nitrogen and oxygen atoms in total. The van der Waals surface area contributed by atoms with Gasteiger partial charge >= 0.3 is 0 Å². The van der Waals surface area contributed by atoms with E-state index in [1.165, 1.54) is 0 Å². The first-order chi connectivity index (χ1) is 14.7. The molecule has 2 heterocycles. The highest BCUT2D eigenvalue weighted by molar-refractivity contribution is 6.06. The van der Waals surface area contributed by atoms with Gasteiger partial charge in [0.1, 0.15) is 30.5 Å². The van der Waals surface area contributed by atoms with Crippen LogP contribution in [0.5, 0.6) is 11.5 Å². The molecule has 1 fully saturated rings. The van der Waals surface area contributed by atoms with Crippen LogP contribution >= 0.6 is 0 Å². The predicted octanol–water partition coefficient (Wildman–Crippen LogP) is 3.81. The predicted molar refractivity (Wildman–Crippen MR) is 113 cm³/mol. The third kappa shape index (κ3) is 4.99. The number of ether oxygens (including phenoxy) is 3. The van der Waals surface area contributed by atoms with Crippen molar-refractivity contribution in [2.24, 2.45) is 7.05 Å². The molecule has 1 aliphatic heterocycles. The molecule has 0 radical (unpaired) electrons. The van der Waals surface area contributed by atoms with E-state index in [4.69, 9.17) is 14.2 Å². The minimum absolute atomic E-state index is 0.0967. The Labute approximate surface area is 175 Å². The normalized spacial score (nSPS) is 15.7. The molecule has 1 aromatic heterocycles. The van der Waals surface area contributed by atoms with Gasteiger partial charge in [-0.05, 0) is 49.2 Å². The van der Waals surface area contributed by atoms with Crippen LogP contribution in [-0.4, -0.2) is 34.8 Å². The minimum Gasteiger partial charge on any atom is -0.490 e. The van der Waals surface area contributed by atoms with Gasteiger partial charge in [0, 0.05) is 31.7 Å². The van der Waals surface area contributed by atoms with Gasteiger partial charge in [0.15, 0.2) is 0 Å². The van der Waals surface area contributed by atoms with Crippen LogP contribution in [0.15, 0.2) is 60.9 Å². The van der Waals surface area contributed by atoms with Gasteiger partial charge in [-0.2, -0.15) is 0 Å². The molecule has 0 saturated carbocycles. The maximum atomic E-state index is 12.8. The second kappa shape index (κ2) is 9.45. The molecular weight excluding hydrogens is 382 g/mol.